The Labute approximate surface area is 142 Å². The van der Waals surface area contributed by atoms with Crippen molar-refractivity contribution < 1.29 is 18.3 Å². The lowest BCUT2D eigenvalue weighted by atomic mass is 10.2. The van der Waals surface area contributed by atoms with Crippen LogP contribution >= 0.6 is 0 Å². The average Bonchev–Trinajstić information content (AvgIpc) is 3.25. The maximum Gasteiger partial charge on any atom is 0.337 e. The maximum atomic E-state index is 6.09. The van der Waals surface area contributed by atoms with E-state index >= 15 is 0 Å². The minimum Gasteiger partial charge on any atom is -0.394 e. The van der Waals surface area contributed by atoms with Gasteiger partial charge in [-0.15, -0.1) is 0 Å². The lowest BCUT2D eigenvalue weighted by Gasteiger charge is -2.34. The van der Waals surface area contributed by atoms with E-state index < -0.39 is 8.56 Å². The average molecular weight is 346 g/mol. The van der Waals surface area contributed by atoms with Crippen LogP contribution in [0.2, 0.25) is 12.1 Å². The molecule has 6 heteroatoms. The first-order valence-electron chi connectivity index (χ1n) is 9.51. The summed E-state index contributed by atoms with van der Waals surface area (Å²) in [6, 6.07) is 2.08. The Bertz CT molecular complexity index is 298. The second-order valence-electron chi connectivity index (χ2n) is 6.41. The summed E-state index contributed by atoms with van der Waals surface area (Å²) >= 11 is 0. The third-order valence-corrected chi connectivity index (χ3v) is 8.70. The fraction of sp³-hybridized carbons (Fsp3) is 1.00. The highest BCUT2D eigenvalue weighted by Crippen LogP contribution is 2.27. The van der Waals surface area contributed by atoms with Crippen molar-refractivity contribution in [3.05, 3.63) is 0 Å². The molecule has 2 saturated heterocycles. The molecule has 0 aromatic carbocycles. The van der Waals surface area contributed by atoms with Crippen LogP contribution < -0.4 is 0 Å². The molecule has 0 aromatic heterocycles. The van der Waals surface area contributed by atoms with Crippen LogP contribution in [0, 0.1) is 0 Å². The lowest BCUT2D eigenvalue weighted by Crippen LogP contribution is -2.45. The lowest BCUT2D eigenvalue weighted by molar-refractivity contribution is -0.116. The quantitative estimate of drug-likeness (QED) is 0.536. The molecule has 0 N–H and O–H groups in total. The van der Waals surface area contributed by atoms with Crippen LogP contribution in [-0.2, 0) is 18.3 Å². The van der Waals surface area contributed by atoms with Crippen LogP contribution in [0.15, 0.2) is 0 Å². The standard InChI is InChI=1S/C17H35NO4Si/c1-4-21-23(6-3,22-5-2)15-9-12-18(16-10-7-13-19-16)17-11-8-14-20-17/h16-17H,4-15H2,1-3H3. The fourth-order valence-corrected chi connectivity index (χ4v) is 6.62. The molecule has 2 aliphatic heterocycles. The molecule has 0 radical (unpaired) electrons. The highest BCUT2D eigenvalue weighted by Gasteiger charge is 2.36. The van der Waals surface area contributed by atoms with Gasteiger partial charge in [0.05, 0.1) is 0 Å². The van der Waals surface area contributed by atoms with Crippen LogP contribution in [0.4, 0.5) is 0 Å². The van der Waals surface area contributed by atoms with Crippen LogP contribution in [-0.4, -0.2) is 58.9 Å². The Morgan fingerprint density at radius 1 is 0.957 bits per heavy atom. The number of ether oxygens (including phenoxy) is 2. The van der Waals surface area contributed by atoms with Crippen molar-refractivity contribution in [3.63, 3.8) is 0 Å². The number of nitrogens with zero attached hydrogens (tertiary/aromatic N) is 1. The highest BCUT2D eigenvalue weighted by molar-refractivity contribution is 6.67. The molecule has 2 atom stereocenters. The smallest absolute Gasteiger partial charge is 0.337 e. The second kappa shape index (κ2) is 10.1. The molecular formula is C17H35NO4Si. The Hall–Kier alpha value is 0.0169. The number of hydrogen-bond acceptors (Lipinski definition) is 5. The van der Waals surface area contributed by atoms with Gasteiger partial charge in [0, 0.05) is 33.0 Å². The molecule has 2 fully saturated rings. The Morgan fingerprint density at radius 3 is 1.91 bits per heavy atom. The van der Waals surface area contributed by atoms with Crippen molar-refractivity contribution in [2.75, 3.05) is 33.0 Å². The van der Waals surface area contributed by atoms with E-state index in [0.717, 1.165) is 64.3 Å². The summed E-state index contributed by atoms with van der Waals surface area (Å²) in [7, 11) is -2.02. The topological polar surface area (TPSA) is 40.2 Å². The van der Waals surface area contributed by atoms with Crippen LogP contribution in [0.3, 0.4) is 0 Å². The molecule has 5 nitrogen and oxygen atoms in total. The summed E-state index contributed by atoms with van der Waals surface area (Å²) < 4.78 is 24.0. The summed E-state index contributed by atoms with van der Waals surface area (Å²) in [6.07, 6.45) is 6.18. The van der Waals surface area contributed by atoms with E-state index in [2.05, 4.69) is 25.7 Å². The van der Waals surface area contributed by atoms with Gasteiger partial charge in [-0.3, -0.25) is 4.90 Å². The van der Waals surface area contributed by atoms with Gasteiger partial charge in [-0.05, 0) is 58.0 Å². The van der Waals surface area contributed by atoms with Crippen molar-refractivity contribution in [1.82, 2.24) is 4.90 Å². The maximum absolute atomic E-state index is 6.09. The number of hydrogen-bond donors (Lipinski definition) is 0. The zero-order chi connectivity index (χ0) is 16.5. The van der Waals surface area contributed by atoms with E-state index in [1.54, 1.807) is 0 Å². The summed E-state index contributed by atoms with van der Waals surface area (Å²) in [5, 5.41) is 0. The van der Waals surface area contributed by atoms with E-state index in [1.807, 2.05) is 0 Å². The van der Waals surface area contributed by atoms with Gasteiger partial charge in [-0.2, -0.15) is 0 Å². The zero-order valence-electron chi connectivity index (χ0n) is 15.2. The zero-order valence-corrected chi connectivity index (χ0v) is 16.2. The van der Waals surface area contributed by atoms with Gasteiger partial charge in [0.15, 0.2) is 0 Å². The van der Waals surface area contributed by atoms with E-state index in [4.69, 9.17) is 18.3 Å². The Morgan fingerprint density at radius 2 is 1.52 bits per heavy atom. The molecule has 2 heterocycles. The molecule has 0 aromatic rings. The molecule has 0 aliphatic carbocycles. The van der Waals surface area contributed by atoms with E-state index in [-0.39, 0.29) is 12.5 Å². The van der Waals surface area contributed by atoms with Crippen molar-refractivity contribution >= 4 is 8.56 Å². The predicted octanol–water partition coefficient (Wildman–Crippen LogP) is 3.49. The first-order chi connectivity index (χ1) is 11.2. The minimum atomic E-state index is -2.02. The molecule has 136 valence electrons. The first-order valence-corrected chi connectivity index (χ1v) is 11.7. The summed E-state index contributed by atoms with van der Waals surface area (Å²) in [5.74, 6) is 0. The first kappa shape index (κ1) is 19.3. The highest BCUT2D eigenvalue weighted by atomic mass is 28.4. The largest absolute Gasteiger partial charge is 0.394 e. The molecule has 23 heavy (non-hydrogen) atoms. The Balaban J connectivity index is 1.88. The predicted molar refractivity (Wildman–Crippen MR) is 93.6 cm³/mol. The number of rotatable bonds is 11. The summed E-state index contributed by atoms with van der Waals surface area (Å²) in [4.78, 5) is 2.45. The van der Waals surface area contributed by atoms with Crippen molar-refractivity contribution in [1.29, 1.82) is 0 Å². The van der Waals surface area contributed by atoms with E-state index in [1.165, 1.54) is 12.8 Å². The van der Waals surface area contributed by atoms with Crippen molar-refractivity contribution in [2.24, 2.45) is 0 Å². The summed E-state index contributed by atoms with van der Waals surface area (Å²) in [6.45, 7) is 10.6. The molecule has 2 unspecified atom stereocenters. The van der Waals surface area contributed by atoms with Crippen LogP contribution in [0.1, 0.15) is 52.9 Å². The third-order valence-electron chi connectivity index (χ3n) is 4.88. The van der Waals surface area contributed by atoms with E-state index in [9.17, 15) is 0 Å². The van der Waals surface area contributed by atoms with Crippen LogP contribution in [0.25, 0.3) is 0 Å². The molecule has 2 aliphatic rings. The SMILES string of the molecule is CCO[Si](CC)(CCCN(C1CCCO1)C1CCCO1)OCC. The molecule has 0 bridgehead atoms. The third kappa shape index (κ3) is 5.51. The van der Waals surface area contributed by atoms with E-state index in [0.29, 0.717) is 0 Å². The molecule has 0 saturated carbocycles. The minimum absolute atomic E-state index is 0.245. The van der Waals surface area contributed by atoms with Crippen molar-refractivity contribution in [2.45, 2.75) is 77.4 Å². The monoisotopic (exact) mass is 345 g/mol. The van der Waals surface area contributed by atoms with Gasteiger partial charge in [0.25, 0.3) is 0 Å². The molecule has 0 spiro atoms. The van der Waals surface area contributed by atoms with Gasteiger partial charge in [-0.25, -0.2) is 0 Å². The van der Waals surface area contributed by atoms with Crippen LogP contribution in [0.5, 0.6) is 0 Å². The fourth-order valence-electron chi connectivity index (χ4n) is 3.74. The molecule has 0 amide bonds. The van der Waals surface area contributed by atoms with Gasteiger partial charge in [0.2, 0.25) is 0 Å². The van der Waals surface area contributed by atoms with Gasteiger partial charge in [-0.1, -0.05) is 6.92 Å². The van der Waals surface area contributed by atoms with Gasteiger partial charge in [0.1, 0.15) is 12.5 Å². The van der Waals surface area contributed by atoms with Gasteiger partial charge >= 0.3 is 8.56 Å². The second-order valence-corrected chi connectivity index (χ2v) is 10.0. The summed E-state index contributed by atoms with van der Waals surface area (Å²) in [5.41, 5.74) is 0. The normalized spacial score (nSPS) is 25.6. The van der Waals surface area contributed by atoms with Crippen molar-refractivity contribution in [3.8, 4) is 0 Å². The van der Waals surface area contributed by atoms with Gasteiger partial charge < -0.3 is 18.3 Å². The Kier molecular flexibility index (Phi) is 8.50. The molecule has 2 rings (SSSR count). The molecular weight excluding hydrogens is 310 g/mol.